The summed E-state index contributed by atoms with van der Waals surface area (Å²) in [4.78, 5) is 6.05. The second-order valence-electron chi connectivity index (χ2n) is 8.02. The van der Waals surface area contributed by atoms with Crippen molar-refractivity contribution < 1.29 is 13.2 Å². The first-order valence-corrected chi connectivity index (χ1v) is 13.6. The Labute approximate surface area is 204 Å². The maximum absolute atomic E-state index is 13.0. The van der Waals surface area contributed by atoms with Crippen molar-refractivity contribution in [3.63, 3.8) is 0 Å². The Kier molecular flexibility index (Phi) is 7.61. The number of hydrogen-bond donors (Lipinski definition) is 1. The van der Waals surface area contributed by atoms with Crippen LogP contribution >= 0.6 is 22.9 Å². The van der Waals surface area contributed by atoms with Gasteiger partial charge in [-0.2, -0.15) is 0 Å². The van der Waals surface area contributed by atoms with Gasteiger partial charge in [0.2, 0.25) is 10.0 Å². The molecule has 0 amide bonds. The fraction of sp³-hybridized carbons (Fsp3) is 0.333. The number of ether oxygens (including phenoxy) is 1. The number of sulfonamides is 1. The van der Waals surface area contributed by atoms with Gasteiger partial charge in [-0.25, -0.2) is 13.1 Å². The van der Waals surface area contributed by atoms with Crippen molar-refractivity contribution in [2.45, 2.75) is 23.9 Å². The third-order valence-electron chi connectivity index (χ3n) is 5.91. The highest BCUT2D eigenvalue weighted by atomic mass is 35.5. The lowest BCUT2D eigenvalue weighted by atomic mass is 10.1. The molecule has 2 heterocycles. The molecule has 9 heteroatoms. The van der Waals surface area contributed by atoms with Crippen LogP contribution in [0, 0.1) is 0 Å². The summed E-state index contributed by atoms with van der Waals surface area (Å²) in [7, 11) is -1.98. The minimum Gasteiger partial charge on any atom is -0.495 e. The first kappa shape index (κ1) is 24.0. The van der Waals surface area contributed by atoms with Gasteiger partial charge in [-0.15, -0.1) is 11.3 Å². The second kappa shape index (κ2) is 10.4. The average Bonchev–Trinajstić information content (AvgIpc) is 3.34. The maximum atomic E-state index is 13.0. The third-order valence-corrected chi connectivity index (χ3v) is 8.68. The Bertz CT molecular complexity index is 1150. The highest BCUT2D eigenvalue weighted by Crippen LogP contribution is 2.33. The summed E-state index contributed by atoms with van der Waals surface area (Å²) >= 11 is 7.58. The molecule has 1 aliphatic rings. The summed E-state index contributed by atoms with van der Waals surface area (Å²) in [6.07, 6.45) is 0. The molecule has 0 radical (unpaired) electrons. The Morgan fingerprint density at radius 3 is 2.33 bits per heavy atom. The molecule has 4 rings (SSSR count). The molecule has 1 aliphatic heterocycles. The van der Waals surface area contributed by atoms with Crippen LogP contribution in [-0.2, 0) is 10.0 Å². The van der Waals surface area contributed by atoms with Gasteiger partial charge in [0.05, 0.1) is 23.7 Å². The van der Waals surface area contributed by atoms with Gasteiger partial charge < -0.3 is 9.64 Å². The molecule has 0 spiro atoms. The van der Waals surface area contributed by atoms with E-state index in [0.29, 0.717) is 5.02 Å². The predicted octanol–water partition coefficient (Wildman–Crippen LogP) is 4.64. The van der Waals surface area contributed by atoms with E-state index in [-0.39, 0.29) is 17.0 Å². The van der Waals surface area contributed by atoms with Crippen LogP contribution in [0.5, 0.6) is 5.75 Å². The van der Waals surface area contributed by atoms with Gasteiger partial charge >= 0.3 is 0 Å². The normalized spacial score (nSPS) is 17.0. The van der Waals surface area contributed by atoms with E-state index < -0.39 is 10.0 Å². The van der Waals surface area contributed by atoms with Gasteiger partial charge in [-0.05, 0) is 54.8 Å². The minimum atomic E-state index is -3.67. The van der Waals surface area contributed by atoms with Crippen molar-refractivity contribution in [1.82, 2.24) is 9.62 Å². The lowest BCUT2D eigenvalue weighted by Gasteiger charge is -2.42. The fourth-order valence-corrected chi connectivity index (χ4v) is 6.66. The summed E-state index contributed by atoms with van der Waals surface area (Å²) in [5.74, 6) is 0.866. The van der Waals surface area contributed by atoms with Crippen LogP contribution < -0.4 is 14.4 Å². The number of nitrogens with one attached hydrogen (secondary N) is 1. The van der Waals surface area contributed by atoms with Crippen LogP contribution in [0.15, 0.2) is 70.9 Å². The molecule has 0 saturated carbocycles. The number of piperazine rings is 1. The van der Waals surface area contributed by atoms with Crippen LogP contribution in [0.4, 0.5) is 5.69 Å². The topological polar surface area (TPSA) is 61.9 Å². The molecule has 0 aliphatic carbocycles. The van der Waals surface area contributed by atoms with Crippen molar-refractivity contribution in [3.8, 4) is 5.75 Å². The first-order valence-electron chi connectivity index (χ1n) is 10.8. The van der Waals surface area contributed by atoms with Gasteiger partial charge in [0.25, 0.3) is 0 Å². The quantitative estimate of drug-likeness (QED) is 0.483. The number of methoxy groups -OCH3 is 1. The van der Waals surface area contributed by atoms with Crippen LogP contribution in [0.3, 0.4) is 0 Å². The molecule has 3 aromatic rings. The van der Waals surface area contributed by atoms with Crippen LogP contribution in [0.2, 0.25) is 5.02 Å². The molecular formula is C24H28ClN3O3S2. The zero-order valence-electron chi connectivity index (χ0n) is 18.6. The van der Waals surface area contributed by atoms with Crippen molar-refractivity contribution in [2.24, 2.45) is 0 Å². The average molecular weight is 506 g/mol. The summed E-state index contributed by atoms with van der Waals surface area (Å²) in [5.41, 5.74) is 1.09. The molecule has 2 unspecified atom stereocenters. The Balaban J connectivity index is 1.51. The molecule has 2 atom stereocenters. The molecule has 176 valence electrons. The molecule has 2 aromatic carbocycles. The van der Waals surface area contributed by atoms with E-state index >= 15 is 0 Å². The molecule has 1 aromatic heterocycles. The number of thiophene rings is 1. The number of rotatable bonds is 8. The monoisotopic (exact) mass is 505 g/mol. The standard InChI is InChI=1S/C24H28ClN3O3S2/c1-18(26-33(29,30)20-11-9-19(25)10-12-20)24(23-8-5-17-32-23)28-15-13-27(14-16-28)21-6-3-4-7-22(21)31-2/h3-12,17-18,24,26H,13-16H2,1-2H3. The van der Waals surface area contributed by atoms with E-state index in [0.717, 1.165) is 42.5 Å². The second-order valence-corrected chi connectivity index (χ2v) is 11.1. The van der Waals surface area contributed by atoms with E-state index in [1.165, 1.54) is 12.1 Å². The van der Waals surface area contributed by atoms with Gasteiger partial charge in [-0.3, -0.25) is 4.90 Å². The van der Waals surface area contributed by atoms with Gasteiger partial charge in [0.15, 0.2) is 0 Å². The Morgan fingerprint density at radius 2 is 1.70 bits per heavy atom. The summed E-state index contributed by atoms with van der Waals surface area (Å²) < 4.78 is 34.5. The Morgan fingerprint density at radius 1 is 1.00 bits per heavy atom. The van der Waals surface area contributed by atoms with Crippen molar-refractivity contribution in [2.75, 3.05) is 38.2 Å². The first-order chi connectivity index (χ1) is 15.9. The molecule has 6 nitrogen and oxygen atoms in total. The number of nitrogens with zero attached hydrogens (tertiary/aromatic N) is 2. The van der Waals surface area contributed by atoms with E-state index in [1.54, 1.807) is 30.6 Å². The molecule has 0 bridgehead atoms. The smallest absolute Gasteiger partial charge is 0.240 e. The number of para-hydroxylation sites is 2. The predicted molar refractivity (Wildman–Crippen MR) is 135 cm³/mol. The van der Waals surface area contributed by atoms with E-state index in [2.05, 4.69) is 26.7 Å². The fourth-order valence-electron chi connectivity index (χ4n) is 4.33. The number of benzene rings is 2. The number of anilines is 1. The van der Waals surface area contributed by atoms with Gasteiger partial charge in [0.1, 0.15) is 5.75 Å². The highest BCUT2D eigenvalue weighted by molar-refractivity contribution is 7.89. The van der Waals surface area contributed by atoms with Crippen LogP contribution in [0.1, 0.15) is 17.8 Å². The molecular weight excluding hydrogens is 478 g/mol. The molecule has 33 heavy (non-hydrogen) atoms. The SMILES string of the molecule is COc1ccccc1N1CCN(C(c2cccs2)C(C)NS(=O)(=O)c2ccc(Cl)cc2)CC1. The van der Waals surface area contributed by atoms with E-state index in [1.807, 2.05) is 36.6 Å². The van der Waals surface area contributed by atoms with E-state index in [9.17, 15) is 8.42 Å². The van der Waals surface area contributed by atoms with Crippen molar-refractivity contribution in [3.05, 3.63) is 75.9 Å². The summed E-state index contributed by atoms with van der Waals surface area (Å²) in [6, 6.07) is 18.0. The lowest BCUT2D eigenvalue weighted by Crippen LogP contribution is -2.52. The van der Waals surface area contributed by atoms with Gasteiger partial charge in [-0.1, -0.05) is 29.8 Å². The highest BCUT2D eigenvalue weighted by Gasteiger charge is 2.33. The van der Waals surface area contributed by atoms with E-state index in [4.69, 9.17) is 16.3 Å². The van der Waals surface area contributed by atoms with Crippen molar-refractivity contribution >= 4 is 38.6 Å². The van der Waals surface area contributed by atoms with Crippen LogP contribution in [0.25, 0.3) is 0 Å². The molecule has 1 saturated heterocycles. The third kappa shape index (κ3) is 5.53. The number of halogens is 1. The van der Waals surface area contributed by atoms with Gasteiger partial charge in [0, 0.05) is 42.1 Å². The molecule has 1 fully saturated rings. The lowest BCUT2D eigenvalue weighted by molar-refractivity contribution is 0.163. The van der Waals surface area contributed by atoms with Crippen molar-refractivity contribution in [1.29, 1.82) is 0 Å². The summed E-state index contributed by atoms with van der Waals surface area (Å²) in [6.45, 7) is 5.23. The van der Waals surface area contributed by atoms with Crippen LogP contribution in [-0.4, -0.2) is 52.6 Å². The largest absolute Gasteiger partial charge is 0.495 e. The minimum absolute atomic E-state index is 0.0631. The zero-order valence-corrected chi connectivity index (χ0v) is 21.0. The summed E-state index contributed by atoms with van der Waals surface area (Å²) in [5, 5.41) is 2.54. The maximum Gasteiger partial charge on any atom is 0.240 e. The Hall–Kier alpha value is -2.10. The zero-order chi connectivity index (χ0) is 23.4. The number of hydrogen-bond acceptors (Lipinski definition) is 6. The molecule has 1 N–H and O–H groups in total.